The van der Waals surface area contributed by atoms with Gasteiger partial charge in [0.15, 0.2) is 0 Å². The van der Waals surface area contributed by atoms with Gasteiger partial charge in [-0.2, -0.15) is 0 Å². The van der Waals surface area contributed by atoms with Crippen LogP contribution in [0.2, 0.25) is 0 Å². The van der Waals surface area contributed by atoms with Crippen LogP contribution in [0.1, 0.15) is 38.8 Å². The minimum Gasteiger partial charge on any atom is -0.466 e. The molecule has 3 nitrogen and oxygen atoms in total. The summed E-state index contributed by atoms with van der Waals surface area (Å²) in [5.74, 6) is -1.64. The number of hydrogen-bond donors (Lipinski definition) is 0. The second-order valence-corrected chi connectivity index (χ2v) is 4.45. The molecule has 5 heteroatoms. The van der Waals surface area contributed by atoms with Crippen molar-refractivity contribution in [3.8, 4) is 0 Å². The molecule has 0 heterocycles. The fourth-order valence-corrected chi connectivity index (χ4v) is 2.27. The molecule has 20 heavy (non-hydrogen) atoms. The summed E-state index contributed by atoms with van der Waals surface area (Å²) in [6.45, 7) is 7.26. The van der Waals surface area contributed by atoms with Gasteiger partial charge >= 0.3 is 5.97 Å². The van der Waals surface area contributed by atoms with Crippen molar-refractivity contribution in [2.45, 2.75) is 33.2 Å². The lowest BCUT2D eigenvalue weighted by Gasteiger charge is -2.29. The van der Waals surface area contributed by atoms with E-state index in [0.717, 1.165) is 6.07 Å². The third kappa shape index (κ3) is 4.56. The standard InChI is InChI=1S/C15H21F2NO2/c1-4-18(5-2)14(10-15(19)20-6-3)11-7-12(16)9-13(17)8-11/h7-9,14H,4-6,10H2,1-3H3. The van der Waals surface area contributed by atoms with Crippen LogP contribution in [0.25, 0.3) is 0 Å². The first-order valence-corrected chi connectivity index (χ1v) is 6.87. The van der Waals surface area contributed by atoms with Crippen molar-refractivity contribution in [1.29, 1.82) is 0 Å². The third-order valence-electron chi connectivity index (χ3n) is 3.19. The van der Waals surface area contributed by atoms with Crippen LogP contribution in [-0.2, 0) is 9.53 Å². The maximum absolute atomic E-state index is 13.4. The normalized spacial score (nSPS) is 12.5. The van der Waals surface area contributed by atoms with E-state index in [4.69, 9.17) is 4.74 Å². The summed E-state index contributed by atoms with van der Waals surface area (Å²) in [6, 6.07) is 2.98. The van der Waals surface area contributed by atoms with Gasteiger partial charge in [-0.05, 0) is 37.7 Å². The minimum absolute atomic E-state index is 0.0818. The highest BCUT2D eigenvalue weighted by molar-refractivity contribution is 5.70. The second-order valence-electron chi connectivity index (χ2n) is 4.45. The van der Waals surface area contributed by atoms with Crippen LogP contribution in [0.5, 0.6) is 0 Å². The molecule has 0 radical (unpaired) electrons. The molecule has 1 aromatic rings. The molecule has 1 aromatic carbocycles. The zero-order chi connectivity index (χ0) is 15.1. The summed E-state index contributed by atoms with van der Waals surface area (Å²) in [6.07, 6.45) is 0.0818. The van der Waals surface area contributed by atoms with Crippen LogP contribution in [0.15, 0.2) is 18.2 Å². The lowest BCUT2D eigenvalue weighted by molar-refractivity contribution is -0.144. The average Bonchev–Trinajstić information content (AvgIpc) is 2.38. The van der Waals surface area contributed by atoms with Gasteiger partial charge in [0.1, 0.15) is 11.6 Å². The lowest BCUT2D eigenvalue weighted by atomic mass is 10.0. The zero-order valence-corrected chi connectivity index (χ0v) is 12.2. The number of carbonyl (C=O) groups is 1. The average molecular weight is 285 g/mol. The molecule has 0 saturated carbocycles. The minimum atomic E-state index is -0.638. The van der Waals surface area contributed by atoms with E-state index >= 15 is 0 Å². The molecular formula is C15H21F2NO2. The van der Waals surface area contributed by atoms with E-state index in [1.807, 2.05) is 18.7 Å². The Hall–Kier alpha value is -1.49. The molecule has 0 bridgehead atoms. The monoisotopic (exact) mass is 285 g/mol. The largest absolute Gasteiger partial charge is 0.466 e. The molecule has 0 fully saturated rings. The number of halogens is 2. The second kappa shape index (κ2) is 7.94. The lowest BCUT2D eigenvalue weighted by Crippen LogP contribution is -2.30. The van der Waals surface area contributed by atoms with Gasteiger partial charge in [-0.15, -0.1) is 0 Å². The number of benzene rings is 1. The van der Waals surface area contributed by atoms with Gasteiger partial charge in [0.25, 0.3) is 0 Å². The Labute approximate surface area is 118 Å². The Balaban J connectivity index is 3.05. The molecule has 112 valence electrons. The van der Waals surface area contributed by atoms with Crippen LogP contribution < -0.4 is 0 Å². The molecule has 0 amide bonds. The van der Waals surface area contributed by atoms with Crippen molar-refractivity contribution < 1.29 is 18.3 Å². The first kappa shape index (κ1) is 16.6. The van der Waals surface area contributed by atoms with Crippen molar-refractivity contribution in [3.63, 3.8) is 0 Å². The van der Waals surface area contributed by atoms with E-state index in [9.17, 15) is 13.6 Å². The van der Waals surface area contributed by atoms with Crippen molar-refractivity contribution in [3.05, 3.63) is 35.4 Å². The van der Waals surface area contributed by atoms with Crippen LogP contribution in [-0.4, -0.2) is 30.6 Å². The highest BCUT2D eigenvalue weighted by Gasteiger charge is 2.23. The molecule has 0 spiro atoms. The summed E-state index contributed by atoms with van der Waals surface area (Å²) in [4.78, 5) is 13.7. The van der Waals surface area contributed by atoms with Crippen molar-refractivity contribution in [1.82, 2.24) is 4.90 Å². The Kier molecular flexibility index (Phi) is 6.58. The molecule has 1 unspecified atom stereocenters. The van der Waals surface area contributed by atoms with E-state index in [0.29, 0.717) is 25.3 Å². The number of nitrogens with zero attached hydrogens (tertiary/aromatic N) is 1. The molecule has 0 aliphatic rings. The number of hydrogen-bond acceptors (Lipinski definition) is 3. The molecule has 1 atom stereocenters. The Bertz CT molecular complexity index is 427. The highest BCUT2D eigenvalue weighted by Crippen LogP contribution is 2.26. The van der Waals surface area contributed by atoms with Crippen LogP contribution in [0, 0.1) is 11.6 Å². The van der Waals surface area contributed by atoms with Gasteiger partial charge in [-0.25, -0.2) is 8.78 Å². The van der Waals surface area contributed by atoms with Crippen LogP contribution in [0.3, 0.4) is 0 Å². The van der Waals surface area contributed by atoms with Gasteiger partial charge in [0.2, 0.25) is 0 Å². The third-order valence-corrected chi connectivity index (χ3v) is 3.19. The van der Waals surface area contributed by atoms with Crippen molar-refractivity contribution in [2.75, 3.05) is 19.7 Å². The maximum Gasteiger partial charge on any atom is 0.307 e. The quantitative estimate of drug-likeness (QED) is 0.720. The molecule has 0 N–H and O–H groups in total. The predicted molar refractivity (Wildman–Crippen MR) is 73.3 cm³/mol. The van der Waals surface area contributed by atoms with Gasteiger partial charge < -0.3 is 4.74 Å². The Morgan fingerprint density at radius 3 is 2.15 bits per heavy atom. The molecule has 0 aliphatic carbocycles. The zero-order valence-electron chi connectivity index (χ0n) is 12.2. The fourth-order valence-electron chi connectivity index (χ4n) is 2.27. The summed E-state index contributed by atoms with van der Waals surface area (Å²) >= 11 is 0. The van der Waals surface area contributed by atoms with Crippen LogP contribution >= 0.6 is 0 Å². The van der Waals surface area contributed by atoms with E-state index < -0.39 is 11.6 Å². The van der Waals surface area contributed by atoms with Crippen molar-refractivity contribution >= 4 is 5.97 Å². The number of esters is 1. The Morgan fingerprint density at radius 1 is 1.15 bits per heavy atom. The first-order valence-electron chi connectivity index (χ1n) is 6.87. The first-order chi connectivity index (χ1) is 9.51. The van der Waals surface area contributed by atoms with E-state index in [-0.39, 0.29) is 18.4 Å². The topological polar surface area (TPSA) is 29.5 Å². The van der Waals surface area contributed by atoms with Crippen molar-refractivity contribution in [2.24, 2.45) is 0 Å². The summed E-state index contributed by atoms with van der Waals surface area (Å²) in [5.41, 5.74) is 0.458. The SMILES string of the molecule is CCOC(=O)CC(c1cc(F)cc(F)c1)N(CC)CC. The smallest absolute Gasteiger partial charge is 0.307 e. The molecule has 1 rings (SSSR count). The van der Waals surface area contributed by atoms with Gasteiger partial charge in [-0.3, -0.25) is 9.69 Å². The maximum atomic E-state index is 13.4. The van der Waals surface area contributed by atoms with Crippen LogP contribution in [0.4, 0.5) is 8.78 Å². The fraction of sp³-hybridized carbons (Fsp3) is 0.533. The Morgan fingerprint density at radius 2 is 1.70 bits per heavy atom. The van der Waals surface area contributed by atoms with Gasteiger partial charge in [0.05, 0.1) is 13.0 Å². The number of ether oxygens (including phenoxy) is 1. The highest BCUT2D eigenvalue weighted by atomic mass is 19.1. The van der Waals surface area contributed by atoms with E-state index in [1.165, 1.54) is 12.1 Å². The molecule has 0 saturated heterocycles. The summed E-state index contributed by atoms with van der Waals surface area (Å²) < 4.78 is 31.7. The molecular weight excluding hydrogens is 264 g/mol. The van der Waals surface area contributed by atoms with E-state index in [2.05, 4.69) is 0 Å². The summed E-state index contributed by atoms with van der Waals surface area (Å²) in [7, 11) is 0. The predicted octanol–water partition coefficient (Wildman–Crippen LogP) is 3.30. The molecule has 0 aromatic heterocycles. The number of carbonyl (C=O) groups excluding carboxylic acids is 1. The summed E-state index contributed by atoms with van der Waals surface area (Å²) in [5, 5.41) is 0. The van der Waals surface area contributed by atoms with Gasteiger partial charge in [-0.1, -0.05) is 13.8 Å². The van der Waals surface area contributed by atoms with E-state index in [1.54, 1.807) is 6.92 Å². The van der Waals surface area contributed by atoms with Gasteiger partial charge in [0, 0.05) is 12.1 Å². The number of rotatable bonds is 7. The molecule has 0 aliphatic heterocycles.